The fourth-order valence-corrected chi connectivity index (χ4v) is 2.85. The Kier molecular flexibility index (Phi) is 4.14. The van der Waals surface area contributed by atoms with Gasteiger partial charge in [-0.3, -0.25) is 4.79 Å². The van der Waals surface area contributed by atoms with E-state index in [0.717, 1.165) is 29.4 Å². The van der Waals surface area contributed by atoms with Gasteiger partial charge < -0.3 is 11.1 Å². The topological polar surface area (TPSA) is 80.9 Å². The van der Waals surface area contributed by atoms with Crippen molar-refractivity contribution in [1.82, 2.24) is 14.7 Å². The Morgan fingerprint density at radius 3 is 3.12 bits per heavy atom. The molecule has 3 N–H and O–H groups in total. The molecule has 1 unspecified atom stereocenters. The summed E-state index contributed by atoms with van der Waals surface area (Å²) in [7, 11) is 0. The predicted molar refractivity (Wildman–Crippen MR) is 64.4 cm³/mol. The van der Waals surface area contributed by atoms with Gasteiger partial charge >= 0.3 is 0 Å². The number of primary amides is 1. The monoisotopic (exact) mass is 258 g/mol. The maximum absolute atomic E-state index is 11.2. The molecule has 16 heavy (non-hydrogen) atoms. The molecule has 7 heteroatoms. The third-order valence-electron chi connectivity index (χ3n) is 2.33. The minimum Gasteiger partial charge on any atom is -0.368 e. The van der Waals surface area contributed by atoms with Crippen LogP contribution in [0.15, 0.2) is 10.7 Å². The standard InChI is InChI=1S/C9H14N4OS2/c10-8(14)7(13-6-1-2-6)3-4-15-9-11-5-12-16-9/h5-7,13H,1-4H2,(H2,10,14). The molecule has 1 heterocycles. The van der Waals surface area contributed by atoms with Crippen molar-refractivity contribution in [3.8, 4) is 0 Å². The molecule has 1 aliphatic rings. The molecule has 1 fully saturated rings. The van der Waals surface area contributed by atoms with Gasteiger partial charge in [-0.25, -0.2) is 4.98 Å². The van der Waals surface area contributed by atoms with Crippen molar-refractivity contribution in [2.24, 2.45) is 5.73 Å². The zero-order valence-electron chi connectivity index (χ0n) is 8.76. The van der Waals surface area contributed by atoms with Gasteiger partial charge in [0.1, 0.15) is 6.33 Å². The lowest BCUT2D eigenvalue weighted by atomic mass is 10.2. The molecule has 1 aromatic heterocycles. The first-order chi connectivity index (χ1) is 7.75. The average Bonchev–Trinajstić information content (AvgIpc) is 2.91. The van der Waals surface area contributed by atoms with Crippen LogP contribution in [0.5, 0.6) is 0 Å². The number of amides is 1. The lowest BCUT2D eigenvalue weighted by Gasteiger charge is -2.13. The summed E-state index contributed by atoms with van der Waals surface area (Å²) in [5, 5.41) is 3.25. The number of nitrogens with two attached hydrogens (primary N) is 1. The van der Waals surface area contributed by atoms with Crippen LogP contribution in [0.4, 0.5) is 0 Å². The number of carbonyl (C=O) groups is 1. The van der Waals surface area contributed by atoms with Crippen molar-refractivity contribution in [1.29, 1.82) is 0 Å². The highest BCUT2D eigenvalue weighted by Crippen LogP contribution is 2.22. The largest absolute Gasteiger partial charge is 0.368 e. The van der Waals surface area contributed by atoms with E-state index in [1.54, 1.807) is 18.1 Å². The third kappa shape index (κ3) is 3.73. The normalized spacial score (nSPS) is 17.2. The van der Waals surface area contributed by atoms with Crippen molar-refractivity contribution in [2.45, 2.75) is 35.7 Å². The SMILES string of the molecule is NC(=O)C(CCSc1ncns1)NC1CC1. The summed E-state index contributed by atoms with van der Waals surface area (Å²) in [5.74, 6) is 0.576. The van der Waals surface area contributed by atoms with Crippen molar-refractivity contribution < 1.29 is 4.79 Å². The van der Waals surface area contributed by atoms with Gasteiger partial charge in [0, 0.05) is 11.8 Å². The number of nitrogens with one attached hydrogen (secondary N) is 1. The molecule has 0 radical (unpaired) electrons. The van der Waals surface area contributed by atoms with Crippen LogP contribution in [-0.4, -0.2) is 33.1 Å². The second-order valence-corrected chi connectivity index (χ2v) is 5.86. The van der Waals surface area contributed by atoms with E-state index >= 15 is 0 Å². The van der Waals surface area contributed by atoms with Crippen molar-refractivity contribution in [2.75, 3.05) is 5.75 Å². The molecular weight excluding hydrogens is 244 g/mol. The molecule has 1 aliphatic carbocycles. The Morgan fingerprint density at radius 1 is 1.75 bits per heavy atom. The minimum absolute atomic E-state index is 0.201. The number of hydrogen-bond acceptors (Lipinski definition) is 6. The zero-order chi connectivity index (χ0) is 11.4. The number of hydrogen-bond donors (Lipinski definition) is 2. The van der Waals surface area contributed by atoms with Crippen LogP contribution in [0.2, 0.25) is 0 Å². The summed E-state index contributed by atoms with van der Waals surface area (Å²) in [4.78, 5) is 15.2. The van der Waals surface area contributed by atoms with Crippen molar-refractivity contribution in [3.05, 3.63) is 6.33 Å². The molecule has 0 aliphatic heterocycles. The fourth-order valence-electron chi connectivity index (χ4n) is 1.33. The Morgan fingerprint density at radius 2 is 2.56 bits per heavy atom. The molecule has 0 bridgehead atoms. The summed E-state index contributed by atoms with van der Waals surface area (Å²) in [6.45, 7) is 0. The highest BCUT2D eigenvalue weighted by molar-refractivity contribution is 8.00. The second-order valence-electron chi connectivity index (χ2n) is 3.74. The van der Waals surface area contributed by atoms with E-state index in [1.807, 2.05) is 0 Å². The molecule has 2 rings (SSSR count). The Labute approximate surface area is 102 Å². The smallest absolute Gasteiger partial charge is 0.234 e. The summed E-state index contributed by atoms with van der Waals surface area (Å²) < 4.78 is 4.86. The van der Waals surface area contributed by atoms with E-state index in [-0.39, 0.29) is 11.9 Å². The molecule has 5 nitrogen and oxygen atoms in total. The molecule has 1 amide bonds. The lowest BCUT2D eigenvalue weighted by molar-refractivity contribution is -0.120. The van der Waals surface area contributed by atoms with Crippen LogP contribution in [0.1, 0.15) is 19.3 Å². The van der Waals surface area contributed by atoms with Crippen LogP contribution in [0.3, 0.4) is 0 Å². The average molecular weight is 258 g/mol. The maximum Gasteiger partial charge on any atom is 0.234 e. The molecular formula is C9H14N4OS2. The predicted octanol–water partition coefficient (Wildman–Crippen LogP) is 0.626. The van der Waals surface area contributed by atoms with E-state index in [2.05, 4.69) is 14.7 Å². The van der Waals surface area contributed by atoms with Crippen LogP contribution in [0, 0.1) is 0 Å². The number of carbonyl (C=O) groups excluding carboxylic acids is 1. The first-order valence-corrected chi connectivity index (χ1v) is 6.96. The number of aromatic nitrogens is 2. The van der Waals surface area contributed by atoms with Crippen LogP contribution < -0.4 is 11.1 Å². The lowest BCUT2D eigenvalue weighted by Crippen LogP contribution is -2.42. The minimum atomic E-state index is -0.259. The van der Waals surface area contributed by atoms with Gasteiger partial charge in [-0.2, -0.15) is 4.37 Å². The van der Waals surface area contributed by atoms with Crippen LogP contribution in [0.25, 0.3) is 0 Å². The molecule has 0 saturated heterocycles. The Balaban J connectivity index is 1.70. The van der Waals surface area contributed by atoms with E-state index in [4.69, 9.17) is 5.73 Å². The molecule has 1 atom stereocenters. The van der Waals surface area contributed by atoms with Gasteiger partial charge in [-0.1, -0.05) is 11.8 Å². The highest BCUT2D eigenvalue weighted by Gasteiger charge is 2.26. The van der Waals surface area contributed by atoms with Gasteiger partial charge in [0.2, 0.25) is 5.91 Å². The van der Waals surface area contributed by atoms with Gasteiger partial charge in [0.05, 0.1) is 6.04 Å². The quantitative estimate of drug-likeness (QED) is 0.701. The van der Waals surface area contributed by atoms with Crippen LogP contribution >= 0.6 is 23.3 Å². The number of nitrogens with zero attached hydrogens (tertiary/aromatic N) is 2. The van der Waals surface area contributed by atoms with Gasteiger partial charge in [0.15, 0.2) is 4.34 Å². The first kappa shape index (κ1) is 11.8. The zero-order valence-corrected chi connectivity index (χ0v) is 10.4. The highest BCUT2D eigenvalue weighted by atomic mass is 32.2. The second kappa shape index (κ2) is 5.60. The third-order valence-corrected chi connectivity index (χ3v) is 4.16. The van der Waals surface area contributed by atoms with E-state index in [0.29, 0.717) is 6.04 Å². The number of rotatable bonds is 7. The van der Waals surface area contributed by atoms with Crippen molar-refractivity contribution >= 4 is 29.2 Å². The Bertz CT molecular complexity index is 339. The summed E-state index contributed by atoms with van der Waals surface area (Å²) in [6.07, 6.45) is 4.61. The molecule has 0 spiro atoms. The molecule has 1 aromatic rings. The summed E-state index contributed by atoms with van der Waals surface area (Å²) >= 11 is 2.99. The summed E-state index contributed by atoms with van der Waals surface area (Å²) in [6, 6.07) is 0.303. The maximum atomic E-state index is 11.2. The van der Waals surface area contributed by atoms with Gasteiger partial charge in [-0.15, -0.1) is 0 Å². The number of thioether (sulfide) groups is 1. The van der Waals surface area contributed by atoms with Crippen LogP contribution in [-0.2, 0) is 4.79 Å². The van der Waals surface area contributed by atoms with E-state index < -0.39 is 0 Å². The summed E-state index contributed by atoms with van der Waals surface area (Å²) in [5.41, 5.74) is 5.34. The van der Waals surface area contributed by atoms with E-state index in [1.165, 1.54) is 11.5 Å². The Hall–Kier alpha value is -0.660. The first-order valence-electron chi connectivity index (χ1n) is 5.20. The van der Waals surface area contributed by atoms with Gasteiger partial charge in [0.25, 0.3) is 0 Å². The van der Waals surface area contributed by atoms with E-state index in [9.17, 15) is 4.79 Å². The molecule has 0 aromatic carbocycles. The fraction of sp³-hybridized carbons (Fsp3) is 0.667. The molecule has 1 saturated carbocycles. The van der Waals surface area contributed by atoms with Gasteiger partial charge in [-0.05, 0) is 30.8 Å². The van der Waals surface area contributed by atoms with Crippen molar-refractivity contribution in [3.63, 3.8) is 0 Å². The molecule has 88 valence electrons.